The van der Waals surface area contributed by atoms with E-state index >= 15 is 0 Å². The smallest absolute Gasteiger partial charge is 0.263 e. The molecule has 0 amide bonds. The van der Waals surface area contributed by atoms with E-state index in [-0.39, 0.29) is 10.6 Å². The van der Waals surface area contributed by atoms with Crippen LogP contribution in [0.3, 0.4) is 0 Å². The normalized spacial score (nSPS) is 11.4. The number of nitrogens with one attached hydrogen (secondary N) is 1. The molecule has 0 saturated heterocycles. The molecule has 0 bridgehead atoms. The SMILES string of the molecule is Nc1ccccc1S(=O)(=O)Nc1ccc2ncccc2c1. The predicted octanol–water partition coefficient (Wildman–Crippen LogP) is 2.62. The Bertz CT molecular complexity index is 907. The number of aromatic nitrogens is 1. The quantitative estimate of drug-likeness (QED) is 0.728. The number of benzene rings is 2. The van der Waals surface area contributed by atoms with Crippen molar-refractivity contribution in [3.8, 4) is 0 Å². The van der Waals surface area contributed by atoms with Crippen LogP contribution in [0.15, 0.2) is 65.7 Å². The van der Waals surface area contributed by atoms with Crippen molar-refractivity contribution in [3.63, 3.8) is 0 Å². The van der Waals surface area contributed by atoms with Crippen molar-refractivity contribution in [2.45, 2.75) is 4.90 Å². The number of hydrogen-bond donors (Lipinski definition) is 2. The van der Waals surface area contributed by atoms with Gasteiger partial charge in [-0.05, 0) is 36.4 Å². The van der Waals surface area contributed by atoms with E-state index in [1.807, 2.05) is 6.07 Å². The highest BCUT2D eigenvalue weighted by molar-refractivity contribution is 7.92. The Balaban J connectivity index is 1.99. The molecular formula is C15H13N3O2S. The van der Waals surface area contributed by atoms with E-state index in [9.17, 15) is 8.42 Å². The summed E-state index contributed by atoms with van der Waals surface area (Å²) in [6.07, 6.45) is 1.69. The molecule has 0 aliphatic heterocycles. The van der Waals surface area contributed by atoms with Gasteiger partial charge in [-0.25, -0.2) is 8.42 Å². The number of nitrogens with zero attached hydrogens (tertiary/aromatic N) is 1. The van der Waals surface area contributed by atoms with Gasteiger partial charge in [0.25, 0.3) is 10.0 Å². The first kappa shape index (κ1) is 13.4. The average molecular weight is 299 g/mol. The molecule has 1 heterocycles. The summed E-state index contributed by atoms with van der Waals surface area (Å²) in [7, 11) is -3.71. The molecule has 1 aromatic heterocycles. The van der Waals surface area contributed by atoms with Gasteiger partial charge in [0.05, 0.1) is 11.2 Å². The second kappa shape index (κ2) is 5.06. The number of rotatable bonds is 3. The Hall–Kier alpha value is -2.60. The zero-order chi connectivity index (χ0) is 14.9. The minimum atomic E-state index is -3.71. The van der Waals surface area contributed by atoms with Gasteiger partial charge in [-0.2, -0.15) is 0 Å². The summed E-state index contributed by atoms with van der Waals surface area (Å²) >= 11 is 0. The lowest BCUT2D eigenvalue weighted by molar-refractivity contribution is 0.601. The van der Waals surface area contributed by atoms with Gasteiger partial charge >= 0.3 is 0 Å². The fourth-order valence-corrected chi connectivity index (χ4v) is 3.26. The summed E-state index contributed by atoms with van der Waals surface area (Å²) in [5, 5.41) is 0.860. The lowest BCUT2D eigenvalue weighted by Crippen LogP contribution is -2.14. The Morgan fingerprint density at radius 2 is 1.81 bits per heavy atom. The van der Waals surface area contributed by atoms with Crippen LogP contribution < -0.4 is 10.5 Å². The molecule has 0 aliphatic rings. The third-order valence-electron chi connectivity index (χ3n) is 3.06. The second-order valence-corrected chi connectivity index (χ2v) is 6.21. The van der Waals surface area contributed by atoms with Gasteiger partial charge in [-0.3, -0.25) is 9.71 Å². The van der Waals surface area contributed by atoms with Crippen LogP contribution in [0.4, 0.5) is 11.4 Å². The number of nitrogens with two attached hydrogens (primary N) is 1. The monoisotopic (exact) mass is 299 g/mol. The number of nitrogen functional groups attached to an aromatic ring is 1. The first-order valence-corrected chi connectivity index (χ1v) is 7.77. The molecule has 0 unspecified atom stereocenters. The molecule has 5 nitrogen and oxygen atoms in total. The van der Waals surface area contributed by atoms with Gasteiger partial charge in [0.2, 0.25) is 0 Å². The molecule has 0 saturated carbocycles. The molecular weight excluding hydrogens is 286 g/mol. The number of anilines is 2. The maximum atomic E-state index is 12.4. The van der Waals surface area contributed by atoms with Crippen LogP contribution >= 0.6 is 0 Å². The van der Waals surface area contributed by atoms with E-state index in [1.165, 1.54) is 6.07 Å². The molecule has 3 rings (SSSR count). The summed E-state index contributed by atoms with van der Waals surface area (Å²) < 4.78 is 27.2. The van der Waals surface area contributed by atoms with Gasteiger partial charge in [-0.1, -0.05) is 18.2 Å². The topological polar surface area (TPSA) is 85.1 Å². The summed E-state index contributed by atoms with van der Waals surface area (Å²) in [5.41, 5.74) is 7.21. The second-order valence-electron chi connectivity index (χ2n) is 4.55. The average Bonchev–Trinajstić information content (AvgIpc) is 2.47. The predicted molar refractivity (Wildman–Crippen MR) is 83.4 cm³/mol. The molecule has 21 heavy (non-hydrogen) atoms. The zero-order valence-electron chi connectivity index (χ0n) is 11.0. The van der Waals surface area contributed by atoms with Crippen molar-refractivity contribution in [1.29, 1.82) is 0 Å². The van der Waals surface area contributed by atoms with E-state index in [0.717, 1.165) is 10.9 Å². The highest BCUT2D eigenvalue weighted by Gasteiger charge is 2.17. The molecule has 2 aromatic carbocycles. The molecule has 106 valence electrons. The molecule has 0 spiro atoms. The number of para-hydroxylation sites is 1. The van der Waals surface area contributed by atoms with E-state index < -0.39 is 10.0 Å². The van der Waals surface area contributed by atoms with Gasteiger partial charge in [-0.15, -0.1) is 0 Å². The van der Waals surface area contributed by atoms with Crippen LogP contribution in [0.5, 0.6) is 0 Å². The Labute approximate surface area is 122 Å². The van der Waals surface area contributed by atoms with Crippen LogP contribution in [0.1, 0.15) is 0 Å². The largest absolute Gasteiger partial charge is 0.398 e. The van der Waals surface area contributed by atoms with Gasteiger partial charge in [0.15, 0.2) is 0 Å². The number of sulfonamides is 1. The van der Waals surface area contributed by atoms with E-state index in [1.54, 1.807) is 48.7 Å². The van der Waals surface area contributed by atoms with Crippen LogP contribution in [0.2, 0.25) is 0 Å². The third-order valence-corrected chi connectivity index (χ3v) is 4.52. The van der Waals surface area contributed by atoms with Crippen LogP contribution in [-0.2, 0) is 10.0 Å². The first-order valence-electron chi connectivity index (χ1n) is 6.28. The minimum absolute atomic E-state index is 0.0660. The lowest BCUT2D eigenvalue weighted by atomic mass is 10.2. The van der Waals surface area contributed by atoms with Crippen molar-refractivity contribution >= 4 is 32.3 Å². The highest BCUT2D eigenvalue weighted by Crippen LogP contribution is 2.23. The van der Waals surface area contributed by atoms with Crippen LogP contribution in [-0.4, -0.2) is 13.4 Å². The molecule has 3 aromatic rings. The molecule has 3 N–H and O–H groups in total. The van der Waals surface area contributed by atoms with E-state index in [4.69, 9.17) is 5.73 Å². The number of fused-ring (bicyclic) bond motifs is 1. The fourth-order valence-electron chi connectivity index (χ4n) is 2.07. The maximum Gasteiger partial charge on any atom is 0.263 e. The Morgan fingerprint density at radius 1 is 1.00 bits per heavy atom. The van der Waals surface area contributed by atoms with Crippen molar-refractivity contribution in [2.75, 3.05) is 10.5 Å². The van der Waals surface area contributed by atoms with Gasteiger partial charge in [0, 0.05) is 17.3 Å². The Kier molecular flexibility index (Phi) is 3.23. The van der Waals surface area contributed by atoms with E-state index in [2.05, 4.69) is 9.71 Å². The van der Waals surface area contributed by atoms with Crippen LogP contribution in [0, 0.1) is 0 Å². The molecule has 0 aliphatic carbocycles. The van der Waals surface area contributed by atoms with Gasteiger partial charge < -0.3 is 5.73 Å². The lowest BCUT2D eigenvalue weighted by Gasteiger charge is -2.10. The summed E-state index contributed by atoms with van der Waals surface area (Å²) in [5.74, 6) is 0. The maximum absolute atomic E-state index is 12.4. The zero-order valence-corrected chi connectivity index (χ0v) is 11.8. The van der Waals surface area contributed by atoms with Crippen molar-refractivity contribution < 1.29 is 8.42 Å². The fraction of sp³-hybridized carbons (Fsp3) is 0. The van der Waals surface area contributed by atoms with Crippen LogP contribution in [0.25, 0.3) is 10.9 Å². The number of pyridine rings is 1. The Morgan fingerprint density at radius 3 is 2.62 bits per heavy atom. The highest BCUT2D eigenvalue weighted by atomic mass is 32.2. The summed E-state index contributed by atoms with van der Waals surface area (Å²) in [4.78, 5) is 4.26. The summed E-state index contributed by atoms with van der Waals surface area (Å²) in [6.45, 7) is 0. The summed E-state index contributed by atoms with van der Waals surface area (Å²) in [6, 6.07) is 15.2. The molecule has 6 heteroatoms. The minimum Gasteiger partial charge on any atom is -0.398 e. The van der Waals surface area contributed by atoms with Crippen molar-refractivity contribution in [1.82, 2.24) is 4.98 Å². The first-order chi connectivity index (χ1) is 10.1. The van der Waals surface area contributed by atoms with Crippen molar-refractivity contribution in [3.05, 3.63) is 60.8 Å². The van der Waals surface area contributed by atoms with Crippen molar-refractivity contribution in [2.24, 2.45) is 0 Å². The van der Waals surface area contributed by atoms with E-state index in [0.29, 0.717) is 5.69 Å². The third kappa shape index (κ3) is 2.66. The number of hydrogen-bond acceptors (Lipinski definition) is 4. The molecule has 0 atom stereocenters. The standard InChI is InChI=1S/C15H13N3O2S/c16-13-5-1-2-6-15(13)21(19,20)18-12-7-8-14-11(10-12)4-3-9-17-14/h1-10,18H,16H2. The molecule has 0 fully saturated rings. The van der Waals surface area contributed by atoms with Gasteiger partial charge in [0.1, 0.15) is 4.90 Å². The molecule has 0 radical (unpaired) electrons.